The molecule has 0 saturated carbocycles. The molecule has 3 aromatic heterocycles. The summed E-state index contributed by atoms with van der Waals surface area (Å²) in [6.07, 6.45) is -4.75. The lowest BCUT2D eigenvalue weighted by atomic mass is 10.2. The van der Waals surface area contributed by atoms with E-state index in [1.54, 1.807) is 17.5 Å². The first kappa shape index (κ1) is 22.5. The molecule has 0 radical (unpaired) electrons. The molecule has 0 unspecified atom stereocenters. The Balaban J connectivity index is 1.68. The van der Waals surface area contributed by atoms with Gasteiger partial charge in [-0.1, -0.05) is 6.07 Å². The van der Waals surface area contributed by atoms with Gasteiger partial charge in [-0.2, -0.15) is 27.1 Å². The number of methoxy groups -OCH3 is 1. The van der Waals surface area contributed by atoms with E-state index in [1.165, 1.54) is 30.6 Å². The van der Waals surface area contributed by atoms with Crippen LogP contribution in [-0.4, -0.2) is 34.2 Å². The van der Waals surface area contributed by atoms with Crippen LogP contribution in [0.5, 0.6) is 11.5 Å². The lowest BCUT2D eigenvalue weighted by Gasteiger charge is -2.11. The molecule has 0 aliphatic rings. The number of nitrogens with zero attached hydrogens (tertiary/aromatic N) is 3. The Morgan fingerprint density at radius 3 is 2.58 bits per heavy atom. The number of rotatable bonds is 6. The van der Waals surface area contributed by atoms with Crippen molar-refractivity contribution in [3.05, 3.63) is 59.2 Å². The van der Waals surface area contributed by atoms with Crippen molar-refractivity contribution in [2.75, 3.05) is 12.4 Å². The molecular weight excluding hydrogens is 471 g/mol. The second kappa shape index (κ2) is 8.65. The Hall–Kier alpha value is -3.74. The van der Waals surface area contributed by atoms with E-state index >= 15 is 0 Å². The molecule has 0 saturated heterocycles. The number of benzene rings is 1. The van der Waals surface area contributed by atoms with Crippen LogP contribution in [0.25, 0.3) is 16.2 Å². The van der Waals surface area contributed by atoms with Gasteiger partial charge in [0.2, 0.25) is 0 Å². The van der Waals surface area contributed by atoms with Gasteiger partial charge in [0.25, 0.3) is 5.91 Å². The fourth-order valence-electron chi connectivity index (χ4n) is 2.97. The van der Waals surface area contributed by atoms with E-state index in [0.717, 1.165) is 18.2 Å². The van der Waals surface area contributed by atoms with E-state index in [9.17, 15) is 26.7 Å². The zero-order valence-corrected chi connectivity index (χ0v) is 17.4. The third-order valence-electron chi connectivity index (χ3n) is 4.36. The summed E-state index contributed by atoms with van der Waals surface area (Å²) >= 11 is 1.22. The predicted molar refractivity (Wildman–Crippen MR) is 109 cm³/mol. The largest absolute Gasteiger partial charge is 0.493 e. The average Bonchev–Trinajstić information content (AvgIpc) is 3.42. The SMILES string of the molecule is COc1cc(NC(=O)c2cc3nc(-c4cccs4)cc(C(F)(F)F)n3n2)ccc1OC(F)F. The molecule has 0 fully saturated rings. The van der Waals surface area contributed by atoms with Gasteiger partial charge in [-0.05, 0) is 29.6 Å². The van der Waals surface area contributed by atoms with Crippen LogP contribution in [0.1, 0.15) is 16.2 Å². The van der Waals surface area contributed by atoms with Crippen LogP contribution in [-0.2, 0) is 6.18 Å². The van der Waals surface area contributed by atoms with Gasteiger partial charge in [-0.25, -0.2) is 9.50 Å². The first-order valence-electron chi connectivity index (χ1n) is 9.12. The number of carbonyl (C=O) groups is 1. The Labute approximate surface area is 186 Å². The summed E-state index contributed by atoms with van der Waals surface area (Å²) in [5.41, 5.74) is -1.38. The van der Waals surface area contributed by atoms with E-state index in [-0.39, 0.29) is 34.2 Å². The summed E-state index contributed by atoms with van der Waals surface area (Å²) in [5.74, 6) is -1.17. The Bertz CT molecular complexity index is 1310. The van der Waals surface area contributed by atoms with Gasteiger partial charge in [-0.15, -0.1) is 11.3 Å². The summed E-state index contributed by atoms with van der Waals surface area (Å²) in [5, 5.41) is 7.90. The molecule has 4 aromatic rings. The zero-order chi connectivity index (χ0) is 23.8. The second-order valence-corrected chi connectivity index (χ2v) is 7.45. The molecule has 0 spiro atoms. The van der Waals surface area contributed by atoms with E-state index in [4.69, 9.17) is 4.74 Å². The maximum Gasteiger partial charge on any atom is 0.433 e. The van der Waals surface area contributed by atoms with Crippen LogP contribution in [0.3, 0.4) is 0 Å². The number of carbonyl (C=O) groups excluding carboxylic acids is 1. The van der Waals surface area contributed by atoms with Crippen molar-refractivity contribution in [2.24, 2.45) is 0 Å². The number of aromatic nitrogens is 3. The molecule has 1 amide bonds. The van der Waals surface area contributed by atoms with E-state index < -0.39 is 24.4 Å². The van der Waals surface area contributed by atoms with Crippen LogP contribution < -0.4 is 14.8 Å². The van der Waals surface area contributed by atoms with Crippen molar-refractivity contribution in [1.82, 2.24) is 14.6 Å². The number of alkyl halides is 5. The van der Waals surface area contributed by atoms with Crippen molar-refractivity contribution < 1.29 is 36.2 Å². The highest BCUT2D eigenvalue weighted by atomic mass is 32.1. The summed E-state index contributed by atoms with van der Waals surface area (Å²) < 4.78 is 75.7. The Kier molecular flexibility index (Phi) is 5.89. The van der Waals surface area contributed by atoms with Gasteiger partial charge >= 0.3 is 12.8 Å². The molecule has 1 N–H and O–H groups in total. The lowest BCUT2D eigenvalue weighted by molar-refractivity contribution is -0.142. The molecule has 4 rings (SSSR count). The first-order valence-corrected chi connectivity index (χ1v) is 10.00. The quantitative estimate of drug-likeness (QED) is 0.374. The molecular formula is C20H13F5N4O3S. The number of halogens is 5. The standard InChI is InChI=1S/C20H13F5N4O3S/c1-31-14-7-10(4-5-13(14)32-19(21)22)26-18(30)12-9-17-27-11(15-3-2-6-33-15)8-16(20(23,24)25)29(17)28-12/h2-9,19H,1H3,(H,26,30). The molecule has 0 atom stereocenters. The summed E-state index contributed by atoms with van der Waals surface area (Å²) in [7, 11) is 1.22. The van der Waals surface area contributed by atoms with Crippen molar-refractivity contribution in [3.63, 3.8) is 0 Å². The average molecular weight is 484 g/mol. The highest BCUT2D eigenvalue weighted by molar-refractivity contribution is 7.13. The number of anilines is 1. The van der Waals surface area contributed by atoms with E-state index in [1.807, 2.05) is 0 Å². The van der Waals surface area contributed by atoms with E-state index in [2.05, 4.69) is 20.1 Å². The normalized spacial score (nSPS) is 11.7. The van der Waals surface area contributed by atoms with Gasteiger partial charge in [0, 0.05) is 17.8 Å². The molecule has 0 aliphatic carbocycles. The highest BCUT2D eigenvalue weighted by Gasteiger charge is 2.35. The smallest absolute Gasteiger partial charge is 0.433 e. The molecule has 172 valence electrons. The van der Waals surface area contributed by atoms with Crippen molar-refractivity contribution in [3.8, 4) is 22.1 Å². The topological polar surface area (TPSA) is 77.8 Å². The number of thiophene rings is 1. The Morgan fingerprint density at radius 2 is 1.94 bits per heavy atom. The number of ether oxygens (including phenoxy) is 2. The van der Waals surface area contributed by atoms with Gasteiger partial charge in [0.15, 0.2) is 28.5 Å². The third kappa shape index (κ3) is 4.72. The van der Waals surface area contributed by atoms with Crippen molar-refractivity contribution in [1.29, 1.82) is 0 Å². The highest BCUT2D eigenvalue weighted by Crippen LogP contribution is 2.34. The fraction of sp³-hybridized carbons (Fsp3) is 0.150. The summed E-state index contributed by atoms with van der Waals surface area (Å²) in [4.78, 5) is 17.3. The predicted octanol–water partition coefficient (Wildman–Crippen LogP) is 5.34. The molecule has 0 aliphatic heterocycles. The fourth-order valence-corrected chi connectivity index (χ4v) is 3.66. The van der Waals surface area contributed by atoms with Crippen LogP contribution in [0.4, 0.5) is 27.6 Å². The number of amides is 1. The number of nitrogens with one attached hydrogen (secondary N) is 1. The Morgan fingerprint density at radius 1 is 1.15 bits per heavy atom. The van der Waals surface area contributed by atoms with Crippen LogP contribution in [0.2, 0.25) is 0 Å². The van der Waals surface area contributed by atoms with Gasteiger partial charge in [0.05, 0.1) is 17.7 Å². The van der Waals surface area contributed by atoms with Gasteiger partial charge in [0.1, 0.15) is 0 Å². The van der Waals surface area contributed by atoms with Crippen LogP contribution in [0.15, 0.2) is 47.8 Å². The molecule has 0 bridgehead atoms. The molecule has 7 nitrogen and oxygen atoms in total. The molecule has 3 heterocycles. The number of fused-ring (bicyclic) bond motifs is 1. The number of hydrogen-bond acceptors (Lipinski definition) is 6. The van der Waals surface area contributed by atoms with Crippen molar-refractivity contribution in [2.45, 2.75) is 12.8 Å². The summed E-state index contributed by atoms with van der Waals surface area (Å²) in [6.45, 7) is -3.08. The first-order chi connectivity index (χ1) is 15.7. The summed E-state index contributed by atoms with van der Waals surface area (Å²) in [6, 6.07) is 8.93. The molecule has 1 aromatic carbocycles. The minimum Gasteiger partial charge on any atom is -0.493 e. The van der Waals surface area contributed by atoms with Gasteiger partial charge in [-0.3, -0.25) is 4.79 Å². The second-order valence-electron chi connectivity index (χ2n) is 6.50. The molecule has 33 heavy (non-hydrogen) atoms. The van der Waals surface area contributed by atoms with Gasteiger partial charge < -0.3 is 14.8 Å². The minimum atomic E-state index is -4.75. The lowest BCUT2D eigenvalue weighted by Crippen LogP contribution is -2.15. The third-order valence-corrected chi connectivity index (χ3v) is 5.25. The van der Waals surface area contributed by atoms with Crippen LogP contribution >= 0.6 is 11.3 Å². The van der Waals surface area contributed by atoms with E-state index in [0.29, 0.717) is 9.39 Å². The monoisotopic (exact) mass is 484 g/mol. The number of hydrogen-bond donors (Lipinski definition) is 1. The molecule has 13 heteroatoms. The maximum absolute atomic E-state index is 13.6. The zero-order valence-electron chi connectivity index (χ0n) is 16.6. The van der Waals surface area contributed by atoms with Crippen LogP contribution in [0, 0.1) is 0 Å². The minimum absolute atomic E-state index is 0.0790. The maximum atomic E-state index is 13.6. The van der Waals surface area contributed by atoms with Crippen molar-refractivity contribution >= 4 is 28.6 Å².